The molecule has 0 amide bonds. The molecule has 0 bridgehead atoms. The predicted octanol–water partition coefficient (Wildman–Crippen LogP) is 14.1. The molecule has 5 aromatic heterocycles. The van der Waals surface area contributed by atoms with Gasteiger partial charge in [-0.25, -0.2) is 9.97 Å². The lowest BCUT2D eigenvalue weighted by Gasteiger charge is -2.21. The van der Waals surface area contributed by atoms with Crippen LogP contribution in [0.15, 0.2) is 164 Å². The highest BCUT2D eigenvalue weighted by molar-refractivity contribution is 6.13. The molecule has 0 radical (unpaired) electrons. The lowest BCUT2D eigenvalue weighted by atomic mass is 9.84. The Balaban J connectivity index is 1.17. The van der Waals surface area contributed by atoms with Gasteiger partial charge in [-0.3, -0.25) is 14.1 Å². The minimum Gasteiger partial charge on any atom is -0.354 e. The molecule has 5 heterocycles. The largest absolute Gasteiger partial charge is 0.354 e. The molecule has 6 aromatic carbocycles. The summed E-state index contributed by atoms with van der Waals surface area (Å²) in [5, 5.41) is 4.82. The van der Waals surface area contributed by atoms with Crippen LogP contribution in [0.3, 0.4) is 0 Å². The Labute approximate surface area is 355 Å². The first kappa shape index (κ1) is 36.7. The third kappa shape index (κ3) is 6.04. The van der Waals surface area contributed by atoms with Gasteiger partial charge in [-0.1, -0.05) is 108 Å². The third-order valence-electron chi connectivity index (χ3n) is 12.4. The molecule has 0 aliphatic heterocycles. The van der Waals surface area contributed by atoms with Crippen LogP contribution in [0.25, 0.3) is 99.8 Å². The van der Waals surface area contributed by atoms with Crippen molar-refractivity contribution in [3.05, 3.63) is 175 Å². The summed E-state index contributed by atoms with van der Waals surface area (Å²) < 4.78 is 4.64. The SMILES string of the molecule is CC(C)(C)c1ccc2[nH]c3c(-c4nc5c(-c6ccc7c8ccccc8n(-c8cc(-c9ccncc9)ccn8)c7c6)cccc5n4-c4ccccc4)cc(C(C)(C)C)cc3c2c1. The zero-order chi connectivity index (χ0) is 41.6. The summed E-state index contributed by atoms with van der Waals surface area (Å²) in [5.74, 6) is 1.77. The van der Waals surface area contributed by atoms with Crippen LogP contribution < -0.4 is 0 Å². The first-order valence-electron chi connectivity index (χ1n) is 21.1. The normalized spacial score (nSPS) is 12.4. The van der Waals surface area contributed by atoms with Gasteiger partial charge in [0.1, 0.15) is 11.6 Å². The van der Waals surface area contributed by atoms with Gasteiger partial charge in [-0.15, -0.1) is 0 Å². The second kappa shape index (κ2) is 13.6. The number of para-hydroxylation sites is 3. The predicted molar refractivity (Wildman–Crippen MR) is 254 cm³/mol. The third-order valence-corrected chi connectivity index (χ3v) is 12.4. The molecular weight excluding hydrogens is 745 g/mol. The van der Waals surface area contributed by atoms with Crippen LogP contribution in [0.1, 0.15) is 52.7 Å². The van der Waals surface area contributed by atoms with Gasteiger partial charge in [0.05, 0.1) is 27.6 Å². The van der Waals surface area contributed by atoms with Crippen LogP contribution in [0, 0.1) is 0 Å². The summed E-state index contributed by atoms with van der Waals surface area (Å²) in [7, 11) is 0. The number of pyridine rings is 2. The molecule has 0 spiro atoms. The Morgan fingerprint density at radius 1 is 0.475 bits per heavy atom. The van der Waals surface area contributed by atoms with Gasteiger partial charge in [0.15, 0.2) is 0 Å². The quantitative estimate of drug-likeness (QED) is 0.189. The Kier molecular flexibility index (Phi) is 8.20. The number of fused-ring (bicyclic) bond motifs is 7. The molecule has 6 nitrogen and oxygen atoms in total. The van der Waals surface area contributed by atoms with Gasteiger partial charge < -0.3 is 4.98 Å². The van der Waals surface area contributed by atoms with E-state index < -0.39 is 0 Å². The van der Waals surface area contributed by atoms with Crippen molar-refractivity contribution in [1.82, 2.24) is 29.1 Å². The summed E-state index contributed by atoms with van der Waals surface area (Å²) in [6.07, 6.45) is 5.57. The van der Waals surface area contributed by atoms with Gasteiger partial charge in [-0.05, 0) is 118 Å². The van der Waals surface area contributed by atoms with E-state index in [1.807, 2.05) is 30.7 Å². The summed E-state index contributed by atoms with van der Waals surface area (Å²) in [4.78, 5) is 18.8. The van der Waals surface area contributed by atoms with Crippen LogP contribution in [0.5, 0.6) is 0 Å². The zero-order valence-corrected chi connectivity index (χ0v) is 35.3. The van der Waals surface area contributed by atoms with E-state index in [1.54, 1.807) is 0 Å². The monoisotopic (exact) mass is 790 g/mol. The molecule has 0 saturated heterocycles. The van der Waals surface area contributed by atoms with Gasteiger partial charge in [0.25, 0.3) is 0 Å². The van der Waals surface area contributed by atoms with Crippen LogP contribution >= 0.6 is 0 Å². The van der Waals surface area contributed by atoms with Crippen molar-refractivity contribution in [2.45, 2.75) is 52.4 Å². The Morgan fingerprint density at radius 2 is 1.20 bits per heavy atom. The fraction of sp³-hybridized carbons (Fsp3) is 0.145. The fourth-order valence-electron chi connectivity index (χ4n) is 9.08. The van der Waals surface area contributed by atoms with Crippen LogP contribution in [0.4, 0.5) is 0 Å². The van der Waals surface area contributed by atoms with Crippen molar-refractivity contribution >= 4 is 54.6 Å². The van der Waals surface area contributed by atoms with Gasteiger partial charge in [0.2, 0.25) is 0 Å². The molecule has 11 rings (SSSR count). The van der Waals surface area contributed by atoms with Gasteiger partial charge in [-0.2, -0.15) is 0 Å². The molecule has 0 atom stereocenters. The summed E-state index contributed by atoms with van der Waals surface area (Å²) >= 11 is 0. The maximum absolute atomic E-state index is 5.70. The minimum absolute atomic E-state index is 0.0257. The Hall–Kier alpha value is -7.31. The second-order valence-corrected chi connectivity index (χ2v) is 18.3. The smallest absolute Gasteiger partial charge is 0.147 e. The first-order chi connectivity index (χ1) is 29.5. The van der Waals surface area contributed by atoms with E-state index >= 15 is 0 Å². The van der Waals surface area contributed by atoms with E-state index in [9.17, 15) is 0 Å². The molecule has 0 fully saturated rings. The van der Waals surface area contributed by atoms with Crippen LogP contribution in [-0.2, 0) is 10.8 Å². The highest BCUT2D eigenvalue weighted by atomic mass is 15.1. The number of imidazole rings is 1. The number of aromatic nitrogens is 6. The molecule has 61 heavy (non-hydrogen) atoms. The number of nitrogens with one attached hydrogen (secondary N) is 1. The highest BCUT2D eigenvalue weighted by Crippen LogP contribution is 2.43. The lowest BCUT2D eigenvalue weighted by Crippen LogP contribution is -2.11. The van der Waals surface area contributed by atoms with Crippen LogP contribution in [0.2, 0.25) is 0 Å². The molecule has 0 aliphatic carbocycles. The number of aromatic amines is 1. The summed E-state index contributed by atoms with van der Waals surface area (Å²) in [5.41, 5.74) is 15.4. The van der Waals surface area contributed by atoms with Crippen molar-refractivity contribution in [1.29, 1.82) is 0 Å². The standard InChI is InChI=1S/C55H46N6/c1-54(2,3)37-20-22-46-43(31-37)44-32-38(55(4,5)6)33-45(51(44)58-46)53-59-52-40(16-12-18-48(52)60(53)39-13-8-7-9-14-39)36-19-21-42-41-15-10-11-17-47(41)61(49(42)29-36)50-30-35(25-28-57-50)34-23-26-56-27-24-34/h7-33,58H,1-6H3. The van der Waals surface area contributed by atoms with Gasteiger partial charge in [0, 0.05) is 62.5 Å². The van der Waals surface area contributed by atoms with E-state index in [1.165, 1.54) is 32.7 Å². The van der Waals surface area contributed by atoms with Gasteiger partial charge >= 0.3 is 0 Å². The number of nitrogens with zero attached hydrogens (tertiary/aromatic N) is 5. The number of rotatable bonds is 5. The highest BCUT2D eigenvalue weighted by Gasteiger charge is 2.25. The molecule has 11 aromatic rings. The average molecular weight is 791 g/mol. The fourth-order valence-corrected chi connectivity index (χ4v) is 9.08. The number of H-pyrrole nitrogens is 1. The zero-order valence-electron chi connectivity index (χ0n) is 35.3. The molecular formula is C55H46N6. The van der Waals surface area contributed by atoms with Crippen molar-refractivity contribution in [3.8, 4) is 45.1 Å². The molecule has 0 aliphatic rings. The molecule has 0 saturated carbocycles. The molecule has 6 heteroatoms. The summed E-state index contributed by atoms with van der Waals surface area (Å²) in [6.45, 7) is 13.7. The van der Waals surface area contributed by atoms with E-state index in [0.29, 0.717) is 0 Å². The van der Waals surface area contributed by atoms with E-state index in [2.05, 4.69) is 194 Å². The molecule has 0 unspecified atom stereocenters. The van der Waals surface area contributed by atoms with Crippen molar-refractivity contribution in [2.24, 2.45) is 0 Å². The first-order valence-corrected chi connectivity index (χ1v) is 21.1. The maximum atomic E-state index is 5.70. The average Bonchev–Trinajstić information content (AvgIpc) is 3.95. The number of hydrogen-bond acceptors (Lipinski definition) is 3. The van der Waals surface area contributed by atoms with E-state index in [-0.39, 0.29) is 10.8 Å². The Bertz CT molecular complexity index is 3480. The topological polar surface area (TPSA) is 64.3 Å². The van der Waals surface area contributed by atoms with Crippen molar-refractivity contribution in [2.75, 3.05) is 0 Å². The lowest BCUT2D eigenvalue weighted by molar-refractivity contribution is 0.590. The number of hydrogen-bond donors (Lipinski definition) is 1. The van der Waals surface area contributed by atoms with Crippen LogP contribution in [-0.4, -0.2) is 29.1 Å². The second-order valence-electron chi connectivity index (χ2n) is 18.3. The maximum Gasteiger partial charge on any atom is 0.147 e. The van der Waals surface area contributed by atoms with Crippen molar-refractivity contribution in [3.63, 3.8) is 0 Å². The van der Waals surface area contributed by atoms with Crippen molar-refractivity contribution < 1.29 is 0 Å². The summed E-state index contributed by atoms with van der Waals surface area (Å²) in [6, 6.07) is 52.6. The number of benzene rings is 6. The minimum atomic E-state index is -0.0938. The van der Waals surface area contributed by atoms with E-state index in [4.69, 9.17) is 9.97 Å². The van der Waals surface area contributed by atoms with E-state index in [0.717, 1.165) is 78.2 Å². The Morgan fingerprint density at radius 3 is 2.00 bits per heavy atom. The molecule has 1 N–H and O–H groups in total. The molecule has 296 valence electrons.